The van der Waals surface area contributed by atoms with Gasteiger partial charge >= 0.3 is 5.69 Å². The second-order valence-electron chi connectivity index (χ2n) is 4.25. The summed E-state index contributed by atoms with van der Waals surface area (Å²) in [6.07, 6.45) is 1.12. The van der Waals surface area contributed by atoms with Gasteiger partial charge in [-0.05, 0) is 19.1 Å². The van der Waals surface area contributed by atoms with Crippen molar-refractivity contribution in [3.63, 3.8) is 0 Å². The van der Waals surface area contributed by atoms with Gasteiger partial charge < -0.3 is 10.1 Å². The zero-order valence-corrected chi connectivity index (χ0v) is 11.7. The summed E-state index contributed by atoms with van der Waals surface area (Å²) in [4.78, 5) is 10.5. The van der Waals surface area contributed by atoms with E-state index in [4.69, 9.17) is 4.74 Å². The van der Waals surface area contributed by atoms with Crippen LogP contribution in [0, 0.1) is 10.1 Å². The minimum atomic E-state index is -3.16. The molecule has 0 aliphatic rings. The Bertz CT molecular complexity index is 570. The van der Waals surface area contributed by atoms with Crippen LogP contribution in [0.1, 0.15) is 6.92 Å². The number of rotatable bonds is 6. The van der Waals surface area contributed by atoms with Crippen molar-refractivity contribution >= 4 is 21.2 Å². The van der Waals surface area contributed by atoms with E-state index in [0.29, 0.717) is 0 Å². The van der Waals surface area contributed by atoms with E-state index in [1.165, 1.54) is 19.2 Å². The molecule has 0 aliphatic heterocycles. The Morgan fingerprint density at radius 2 is 2.11 bits per heavy atom. The van der Waals surface area contributed by atoms with Crippen molar-refractivity contribution < 1.29 is 18.1 Å². The summed E-state index contributed by atoms with van der Waals surface area (Å²) in [6, 6.07) is 4.14. The average molecular weight is 288 g/mol. The highest BCUT2D eigenvalue weighted by atomic mass is 32.2. The second kappa shape index (κ2) is 5.87. The van der Waals surface area contributed by atoms with Crippen LogP contribution in [0.3, 0.4) is 0 Å². The molecule has 0 saturated heterocycles. The van der Waals surface area contributed by atoms with Crippen LogP contribution in [0.2, 0.25) is 0 Å². The van der Waals surface area contributed by atoms with Crippen LogP contribution in [-0.4, -0.2) is 38.5 Å². The summed E-state index contributed by atoms with van der Waals surface area (Å²) < 4.78 is 27.3. The first-order valence-corrected chi connectivity index (χ1v) is 7.56. The molecule has 0 aromatic heterocycles. The molecule has 1 aromatic rings. The maximum Gasteiger partial charge on any atom is 0.333 e. The van der Waals surface area contributed by atoms with E-state index in [0.717, 1.165) is 6.26 Å². The van der Waals surface area contributed by atoms with Crippen molar-refractivity contribution in [2.45, 2.75) is 13.0 Å². The van der Waals surface area contributed by atoms with Crippen LogP contribution >= 0.6 is 0 Å². The van der Waals surface area contributed by atoms with Crippen LogP contribution in [-0.2, 0) is 9.84 Å². The van der Waals surface area contributed by atoms with Gasteiger partial charge in [0.2, 0.25) is 0 Å². The van der Waals surface area contributed by atoms with Crippen LogP contribution < -0.4 is 10.1 Å². The summed E-state index contributed by atoms with van der Waals surface area (Å²) >= 11 is 0. The van der Waals surface area contributed by atoms with Gasteiger partial charge in [-0.1, -0.05) is 6.07 Å². The van der Waals surface area contributed by atoms with Crippen LogP contribution in [0.15, 0.2) is 18.2 Å². The molecule has 0 fully saturated rings. The normalized spacial score (nSPS) is 12.8. The number of sulfone groups is 1. The Balaban J connectivity index is 3.04. The summed E-state index contributed by atoms with van der Waals surface area (Å²) in [5.74, 6) is 0.0167. The molecular weight excluding hydrogens is 272 g/mol. The quantitative estimate of drug-likeness (QED) is 0.628. The molecule has 1 aromatic carbocycles. The minimum absolute atomic E-state index is 0.110. The molecule has 0 amide bonds. The van der Waals surface area contributed by atoms with Gasteiger partial charge in [0.15, 0.2) is 5.75 Å². The van der Waals surface area contributed by atoms with Crippen LogP contribution in [0.4, 0.5) is 11.4 Å². The van der Waals surface area contributed by atoms with E-state index in [1.54, 1.807) is 13.0 Å². The number of anilines is 1. The lowest BCUT2D eigenvalue weighted by Gasteiger charge is -2.15. The van der Waals surface area contributed by atoms with Crippen molar-refractivity contribution in [1.82, 2.24) is 0 Å². The first-order chi connectivity index (χ1) is 8.74. The van der Waals surface area contributed by atoms with Crippen molar-refractivity contribution in [3.8, 4) is 5.75 Å². The molecule has 1 N–H and O–H groups in total. The lowest BCUT2D eigenvalue weighted by Crippen LogP contribution is -2.25. The zero-order valence-electron chi connectivity index (χ0n) is 10.9. The monoisotopic (exact) mass is 288 g/mol. The number of nitrogens with one attached hydrogen (secondary N) is 1. The standard InChI is InChI=1S/C11H16N2O5S/c1-8(7-19(3,16)17)12-9-5-4-6-10(18-2)11(9)13(14)15/h4-6,8,12H,7H2,1-3H3. The maximum absolute atomic E-state index is 11.2. The molecule has 0 saturated carbocycles. The predicted octanol–water partition coefficient (Wildman–Crippen LogP) is 1.45. The summed E-state index contributed by atoms with van der Waals surface area (Å²) in [6.45, 7) is 1.64. The highest BCUT2D eigenvalue weighted by molar-refractivity contribution is 7.90. The molecule has 1 rings (SSSR count). The van der Waals surface area contributed by atoms with Crippen molar-refractivity contribution in [2.75, 3.05) is 24.4 Å². The maximum atomic E-state index is 11.2. The van der Waals surface area contributed by atoms with E-state index in [9.17, 15) is 18.5 Å². The van der Waals surface area contributed by atoms with Gasteiger partial charge in [-0.3, -0.25) is 10.1 Å². The largest absolute Gasteiger partial charge is 0.490 e. The molecule has 106 valence electrons. The molecular formula is C11H16N2O5S. The minimum Gasteiger partial charge on any atom is -0.490 e. The van der Waals surface area contributed by atoms with Crippen LogP contribution in [0.5, 0.6) is 5.75 Å². The highest BCUT2D eigenvalue weighted by Gasteiger charge is 2.22. The van der Waals surface area contributed by atoms with Gasteiger partial charge in [0.1, 0.15) is 15.5 Å². The molecule has 0 bridgehead atoms. The number of nitro benzene ring substituents is 1. The number of methoxy groups -OCH3 is 1. The molecule has 0 aliphatic carbocycles. The van der Waals surface area contributed by atoms with Crippen molar-refractivity contribution in [1.29, 1.82) is 0 Å². The van der Waals surface area contributed by atoms with Gasteiger partial charge in [0.05, 0.1) is 17.8 Å². The number of nitrogens with zero attached hydrogens (tertiary/aromatic N) is 1. The fourth-order valence-corrected chi connectivity index (χ4v) is 2.74. The number of hydrogen-bond acceptors (Lipinski definition) is 6. The first kappa shape index (κ1) is 15.2. The third-order valence-electron chi connectivity index (χ3n) is 2.36. The van der Waals surface area contributed by atoms with Gasteiger partial charge in [-0.25, -0.2) is 8.42 Å². The Hall–Kier alpha value is -1.83. The summed E-state index contributed by atoms with van der Waals surface area (Å²) in [5, 5.41) is 13.9. The van der Waals surface area contributed by atoms with Gasteiger partial charge in [0.25, 0.3) is 0 Å². The third-order valence-corrected chi connectivity index (χ3v) is 3.46. The Morgan fingerprint density at radius 1 is 1.47 bits per heavy atom. The summed E-state index contributed by atoms with van der Waals surface area (Å²) in [5.41, 5.74) is 0.0332. The summed E-state index contributed by atoms with van der Waals surface area (Å²) in [7, 11) is -1.82. The SMILES string of the molecule is COc1cccc(NC(C)CS(C)(=O)=O)c1[N+](=O)[O-]. The predicted molar refractivity (Wildman–Crippen MR) is 72.4 cm³/mol. The molecule has 7 nitrogen and oxygen atoms in total. The molecule has 19 heavy (non-hydrogen) atoms. The van der Waals surface area contributed by atoms with Gasteiger partial charge in [-0.2, -0.15) is 0 Å². The zero-order chi connectivity index (χ0) is 14.6. The number of benzene rings is 1. The second-order valence-corrected chi connectivity index (χ2v) is 6.44. The topological polar surface area (TPSA) is 98.5 Å². The molecule has 8 heteroatoms. The van der Waals surface area contributed by atoms with E-state index in [2.05, 4.69) is 5.32 Å². The smallest absolute Gasteiger partial charge is 0.333 e. The fourth-order valence-electron chi connectivity index (χ4n) is 1.75. The van der Waals surface area contributed by atoms with Crippen molar-refractivity contribution in [3.05, 3.63) is 28.3 Å². The van der Waals surface area contributed by atoms with Gasteiger partial charge in [-0.15, -0.1) is 0 Å². The van der Waals surface area contributed by atoms with Gasteiger partial charge in [0, 0.05) is 12.3 Å². The third kappa shape index (κ3) is 4.40. The Labute approximate surface area is 111 Å². The Kier molecular flexibility index (Phi) is 4.71. The number of ether oxygens (including phenoxy) is 1. The van der Waals surface area contributed by atoms with E-state index in [1.807, 2.05) is 0 Å². The Morgan fingerprint density at radius 3 is 2.58 bits per heavy atom. The van der Waals surface area contributed by atoms with E-state index < -0.39 is 20.8 Å². The molecule has 1 atom stereocenters. The molecule has 1 unspecified atom stereocenters. The first-order valence-electron chi connectivity index (χ1n) is 5.50. The number of hydrogen-bond donors (Lipinski definition) is 1. The van der Waals surface area contributed by atoms with E-state index >= 15 is 0 Å². The number of para-hydroxylation sites is 1. The number of nitro groups is 1. The highest BCUT2D eigenvalue weighted by Crippen LogP contribution is 2.34. The van der Waals surface area contributed by atoms with Crippen LogP contribution in [0.25, 0.3) is 0 Å². The molecule has 0 spiro atoms. The fraction of sp³-hybridized carbons (Fsp3) is 0.455. The lowest BCUT2D eigenvalue weighted by molar-refractivity contribution is -0.384. The molecule has 0 heterocycles. The average Bonchev–Trinajstić information content (AvgIpc) is 2.25. The molecule has 0 radical (unpaired) electrons. The lowest BCUT2D eigenvalue weighted by atomic mass is 10.2. The van der Waals surface area contributed by atoms with E-state index in [-0.39, 0.29) is 22.9 Å². The van der Waals surface area contributed by atoms with Crippen molar-refractivity contribution in [2.24, 2.45) is 0 Å².